The monoisotopic (exact) mass is 283 g/mol. The SMILES string of the molecule is O=C(O)CCNC(=O)[C@@H]1COc2ccc(Cl)cc2C1. The molecule has 102 valence electrons. The number of amides is 1. The van der Waals surface area contributed by atoms with Crippen LogP contribution < -0.4 is 10.1 Å². The van der Waals surface area contributed by atoms with Crippen LogP contribution in [-0.2, 0) is 16.0 Å². The van der Waals surface area contributed by atoms with Gasteiger partial charge in [0.25, 0.3) is 0 Å². The number of halogens is 1. The van der Waals surface area contributed by atoms with Crippen LogP contribution in [0.4, 0.5) is 0 Å². The zero-order chi connectivity index (χ0) is 13.8. The van der Waals surface area contributed by atoms with Crippen LogP contribution in [-0.4, -0.2) is 30.1 Å². The normalized spacial score (nSPS) is 17.2. The van der Waals surface area contributed by atoms with Crippen LogP contribution in [0.1, 0.15) is 12.0 Å². The number of carboxylic acids is 1. The highest BCUT2D eigenvalue weighted by Crippen LogP contribution is 2.29. The van der Waals surface area contributed by atoms with Crippen molar-refractivity contribution in [3.63, 3.8) is 0 Å². The van der Waals surface area contributed by atoms with Crippen LogP contribution >= 0.6 is 11.6 Å². The van der Waals surface area contributed by atoms with Crippen molar-refractivity contribution in [2.24, 2.45) is 5.92 Å². The lowest BCUT2D eigenvalue weighted by atomic mass is 9.96. The van der Waals surface area contributed by atoms with Crippen molar-refractivity contribution in [2.45, 2.75) is 12.8 Å². The van der Waals surface area contributed by atoms with Gasteiger partial charge in [0.05, 0.1) is 12.3 Å². The fraction of sp³-hybridized carbons (Fsp3) is 0.385. The molecule has 0 fully saturated rings. The van der Waals surface area contributed by atoms with E-state index in [1.54, 1.807) is 18.2 Å². The summed E-state index contributed by atoms with van der Waals surface area (Å²) in [6.07, 6.45) is 0.469. The summed E-state index contributed by atoms with van der Waals surface area (Å²) in [5.74, 6) is -0.678. The molecular formula is C13H14ClNO4. The van der Waals surface area contributed by atoms with Crippen molar-refractivity contribution in [1.29, 1.82) is 0 Å². The summed E-state index contributed by atoms with van der Waals surface area (Å²) in [7, 11) is 0. The topological polar surface area (TPSA) is 75.6 Å². The highest BCUT2D eigenvalue weighted by atomic mass is 35.5. The van der Waals surface area contributed by atoms with E-state index in [0.717, 1.165) is 11.3 Å². The number of rotatable bonds is 4. The quantitative estimate of drug-likeness (QED) is 0.878. The predicted molar refractivity (Wildman–Crippen MR) is 69.4 cm³/mol. The van der Waals surface area contributed by atoms with E-state index in [0.29, 0.717) is 18.1 Å². The third kappa shape index (κ3) is 3.61. The maximum atomic E-state index is 11.9. The molecule has 1 aromatic carbocycles. The first-order valence-electron chi connectivity index (χ1n) is 5.97. The van der Waals surface area contributed by atoms with E-state index < -0.39 is 5.97 Å². The van der Waals surface area contributed by atoms with Crippen LogP contribution in [0.5, 0.6) is 5.75 Å². The lowest BCUT2D eigenvalue weighted by Gasteiger charge is -2.24. The highest BCUT2D eigenvalue weighted by Gasteiger charge is 2.25. The summed E-state index contributed by atoms with van der Waals surface area (Å²) in [5, 5.41) is 11.7. The van der Waals surface area contributed by atoms with E-state index in [1.165, 1.54) is 0 Å². The van der Waals surface area contributed by atoms with Crippen LogP contribution in [0.15, 0.2) is 18.2 Å². The summed E-state index contributed by atoms with van der Waals surface area (Å²) >= 11 is 5.90. The van der Waals surface area contributed by atoms with Crippen molar-refractivity contribution in [2.75, 3.05) is 13.2 Å². The Bertz CT molecular complexity index is 503. The Balaban J connectivity index is 1.93. The van der Waals surface area contributed by atoms with Crippen LogP contribution in [0.2, 0.25) is 5.02 Å². The Morgan fingerprint density at radius 2 is 2.26 bits per heavy atom. The zero-order valence-corrected chi connectivity index (χ0v) is 10.9. The van der Waals surface area contributed by atoms with Gasteiger partial charge in [0.2, 0.25) is 5.91 Å². The second-order valence-corrected chi connectivity index (χ2v) is 4.84. The lowest BCUT2D eigenvalue weighted by Crippen LogP contribution is -2.38. The molecule has 0 saturated carbocycles. The molecule has 0 aliphatic carbocycles. The molecule has 0 saturated heterocycles. The lowest BCUT2D eigenvalue weighted by molar-refractivity contribution is -0.137. The first-order chi connectivity index (χ1) is 9.06. The van der Waals surface area contributed by atoms with E-state index in [1.807, 2.05) is 0 Å². The Morgan fingerprint density at radius 3 is 3.00 bits per heavy atom. The molecule has 2 rings (SSSR count). The van der Waals surface area contributed by atoms with E-state index in [4.69, 9.17) is 21.4 Å². The number of carbonyl (C=O) groups is 2. The number of hydrogen-bond acceptors (Lipinski definition) is 3. The number of ether oxygens (including phenoxy) is 1. The third-order valence-electron chi connectivity index (χ3n) is 2.94. The number of carboxylic acid groups (broad SMARTS) is 1. The van der Waals surface area contributed by atoms with E-state index in [-0.39, 0.29) is 24.8 Å². The second-order valence-electron chi connectivity index (χ2n) is 4.40. The molecule has 1 amide bonds. The number of hydrogen-bond donors (Lipinski definition) is 2. The van der Waals surface area contributed by atoms with Gasteiger partial charge in [0.15, 0.2) is 0 Å². The van der Waals surface area contributed by atoms with Crippen molar-refractivity contribution in [1.82, 2.24) is 5.32 Å². The van der Waals surface area contributed by atoms with Gasteiger partial charge in [-0.3, -0.25) is 9.59 Å². The van der Waals surface area contributed by atoms with Gasteiger partial charge < -0.3 is 15.2 Å². The fourth-order valence-electron chi connectivity index (χ4n) is 1.97. The summed E-state index contributed by atoms with van der Waals surface area (Å²) in [6.45, 7) is 0.431. The Labute approximate surface area is 115 Å². The van der Waals surface area contributed by atoms with Crippen molar-refractivity contribution in [3.05, 3.63) is 28.8 Å². The molecule has 1 aromatic rings. The third-order valence-corrected chi connectivity index (χ3v) is 3.17. The van der Waals surface area contributed by atoms with Gasteiger partial charge in [0.1, 0.15) is 12.4 Å². The molecule has 5 nitrogen and oxygen atoms in total. The molecule has 1 heterocycles. The second kappa shape index (κ2) is 5.93. The molecule has 6 heteroatoms. The van der Waals surface area contributed by atoms with Crippen molar-refractivity contribution < 1.29 is 19.4 Å². The fourth-order valence-corrected chi connectivity index (χ4v) is 2.16. The van der Waals surface area contributed by atoms with Crippen molar-refractivity contribution >= 4 is 23.5 Å². The summed E-state index contributed by atoms with van der Waals surface area (Å²) in [6, 6.07) is 5.32. The molecule has 0 spiro atoms. The molecule has 0 bridgehead atoms. The van der Waals surface area contributed by atoms with E-state index in [2.05, 4.69) is 5.32 Å². The average molecular weight is 284 g/mol. The number of benzene rings is 1. The molecule has 2 N–H and O–H groups in total. The van der Waals surface area contributed by atoms with Crippen molar-refractivity contribution in [3.8, 4) is 5.75 Å². The number of aliphatic carboxylic acids is 1. The van der Waals surface area contributed by atoms with E-state index in [9.17, 15) is 9.59 Å². The van der Waals surface area contributed by atoms with Crippen LogP contribution in [0.25, 0.3) is 0 Å². The molecular weight excluding hydrogens is 270 g/mol. The van der Waals surface area contributed by atoms with Gasteiger partial charge in [-0.25, -0.2) is 0 Å². The number of nitrogens with one attached hydrogen (secondary N) is 1. The summed E-state index contributed by atoms with van der Waals surface area (Å²) < 4.78 is 5.50. The largest absolute Gasteiger partial charge is 0.492 e. The van der Waals surface area contributed by atoms with Gasteiger partial charge in [-0.2, -0.15) is 0 Å². The minimum absolute atomic E-state index is 0.0816. The standard InChI is InChI=1S/C13H14ClNO4/c14-10-1-2-11-8(6-10)5-9(7-19-11)13(18)15-4-3-12(16)17/h1-2,6,9H,3-5,7H2,(H,15,18)(H,16,17)/t9-/m0/s1. The maximum Gasteiger partial charge on any atom is 0.305 e. The first kappa shape index (κ1) is 13.7. The van der Waals surface area contributed by atoms with Gasteiger partial charge in [-0.15, -0.1) is 0 Å². The zero-order valence-electron chi connectivity index (χ0n) is 10.2. The Morgan fingerprint density at radius 1 is 1.47 bits per heavy atom. The Hall–Kier alpha value is -1.75. The smallest absolute Gasteiger partial charge is 0.305 e. The van der Waals surface area contributed by atoms with Gasteiger partial charge >= 0.3 is 5.97 Å². The highest BCUT2D eigenvalue weighted by molar-refractivity contribution is 6.30. The molecule has 1 aliphatic rings. The molecule has 0 unspecified atom stereocenters. The molecule has 1 atom stereocenters. The van der Waals surface area contributed by atoms with Gasteiger partial charge in [0, 0.05) is 11.6 Å². The predicted octanol–water partition coefficient (Wildman–Crippen LogP) is 1.48. The number of carbonyl (C=O) groups excluding carboxylic acids is 1. The molecule has 1 aliphatic heterocycles. The first-order valence-corrected chi connectivity index (χ1v) is 6.35. The minimum Gasteiger partial charge on any atom is -0.492 e. The average Bonchev–Trinajstić information content (AvgIpc) is 2.37. The summed E-state index contributed by atoms with van der Waals surface area (Å²) in [5.41, 5.74) is 0.900. The Kier molecular flexibility index (Phi) is 4.27. The van der Waals surface area contributed by atoms with Gasteiger partial charge in [-0.05, 0) is 30.2 Å². The number of fused-ring (bicyclic) bond motifs is 1. The molecule has 0 radical (unpaired) electrons. The minimum atomic E-state index is -0.933. The van der Waals surface area contributed by atoms with E-state index >= 15 is 0 Å². The van der Waals surface area contributed by atoms with Crippen LogP contribution in [0.3, 0.4) is 0 Å². The van der Waals surface area contributed by atoms with Gasteiger partial charge in [-0.1, -0.05) is 11.6 Å². The molecule has 19 heavy (non-hydrogen) atoms. The summed E-state index contributed by atoms with van der Waals surface area (Å²) in [4.78, 5) is 22.2. The van der Waals surface area contributed by atoms with Crippen LogP contribution in [0, 0.1) is 5.92 Å². The maximum absolute atomic E-state index is 11.9. The molecule has 0 aromatic heterocycles.